The van der Waals surface area contributed by atoms with E-state index in [-0.39, 0.29) is 0 Å². The predicted molar refractivity (Wildman–Crippen MR) is 94.8 cm³/mol. The van der Waals surface area contributed by atoms with Crippen molar-refractivity contribution in [3.05, 3.63) is 72.1 Å². The maximum atomic E-state index is 5.80. The topological polar surface area (TPSA) is 43.9 Å². The van der Waals surface area contributed by atoms with E-state index in [1.807, 2.05) is 13.0 Å². The van der Waals surface area contributed by atoms with E-state index in [0.29, 0.717) is 11.8 Å². The van der Waals surface area contributed by atoms with Crippen LogP contribution in [0.4, 0.5) is 0 Å². The van der Waals surface area contributed by atoms with Crippen LogP contribution in [0.5, 0.6) is 0 Å². The van der Waals surface area contributed by atoms with Crippen LogP contribution in [0.1, 0.15) is 18.4 Å². The minimum absolute atomic E-state index is 0.594. The van der Waals surface area contributed by atoms with Gasteiger partial charge in [0.2, 0.25) is 5.89 Å². The number of rotatable bonds is 5. The highest BCUT2D eigenvalue weighted by Crippen LogP contribution is 2.28. The highest BCUT2D eigenvalue weighted by molar-refractivity contribution is 5.85. The molecule has 4 rings (SSSR count). The quantitative estimate of drug-likeness (QED) is 0.544. The first-order valence-electron chi connectivity index (χ1n) is 8.30. The average Bonchev–Trinajstić information content (AvgIpc) is 3.25. The standard InChI is InChI=1S/C20H19N3O/c1-2-19-21-22-20(24-19)18-14-16-10-6-7-11-17(16)23(18)13-12-15-8-4-3-5-9-15/h3-11,14H,2,12-13H2,1H3. The van der Waals surface area contributed by atoms with Crippen molar-refractivity contribution in [2.45, 2.75) is 26.3 Å². The second-order valence-electron chi connectivity index (χ2n) is 5.83. The van der Waals surface area contributed by atoms with Crippen LogP contribution in [0.3, 0.4) is 0 Å². The Bertz CT molecular complexity index is 953. The molecule has 24 heavy (non-hydrogen) atoms. The summed E-state index contributed by atoms with van der Waals surface area (Å²) in [6.45, 7) is 2.89. The molecule has 2 heterocycles. The number of benzene rings is 2. The predicted octanol–water partition coefficient (Wildman–Crippen LogP) is 4.50. The van der Waals surface area contributed by atoms with E-state index in [4.69, 9.17) is 4.42 Å². The zero-order valence-electron chi connectivity index (χ0n) is 13.6. The van der Waals surface area contributed by atoms with Crippen LogP contribution >= 0.6 is 0 Å². The van der Waals surface area contributed by atoms with E-state index < -0.39 is 0 Å². The average molecular weight is 317 g/mol. The Morgan fingerprint density at radius 3 is 2.54 bits per heavy atom. The number of fused-ring (bicyclic) bond motifs is 1. The molecule has 0 fully saturated rings. The molecule has 0 bridgehead atoms. The molecule has 0 amide bonds. The molecule has 0 atom stereocenters. The van der Waals surface area contributed by atoms with E-state index in [1.54, 1.807) is 0 Å². The van der Waals surface area contributed by atoms with Gasteiger partial charge in [-0.15, -0.1) is 10.2 Å². The lowest BCUT2D eigenvalue weighted by Crippen LogP contribution is -2.03. The third kappa shape index (κ3) is 2.71. The van der Waals surface area contributed by atoms with Crippen LogP contribution in [0.15, 0.2) is 65.1 Å². The van der Waals surface area contributed by atoms with Gasteiger partial charge in [-0.25, -0.2) is 0 Å². The lowest BCUT2D eigenvalue weighted by molar-refractivity contribution is 0.507. The molecule has 4 heteroatoms. The summed E-state index contributed by atoms with van der Waals surface area (Å²) in [4.78, 5) is 0. The first-order chi connectivity index (χ1) is 11.8. The van der Waals surface area contributed by atoms with Crippen molar-refractivity contribution in [2.24, 2.45) is 0 Å². The zero-order valence-corrected chi connectivity index (χ0v) is 13.6. The monoisotopic (exact) mass is 317 g/mol. The van der Waals surface area contributed by atoms with Gasteiger partial charge in [-0.3, -0.25) is 0 Å². The summed E-state index contributed by atoms with van der Waals surface area (Å²) in [6, 6.07) is 21.0. The van der Waals surface area contributed by atoms with E-state index in [0.717, 1.165) is 25.1 Å². The van der Waals surface area contributed by atoms with Gasteiger partial charge in [-0.2, -0.15) is 0 Å². The van der Waals surface area contributed by atoms with E-state index in [1.165, 1.54) is 16.5 Å². The van der Waals surface area contributed by atoms with Crippen molar-refractivity contribution in [1.82, 2.24) is 14.8 Å². The Hall–Kier alpha value is -2.88. The van der Waals surface area contributed by atoms with Gasteiger partial charge < -0.3 is 8.98 Å². The fourth-order valence-corrected chi connectivity index (χ4v) is 3.01. The van der Waals surface area contributed by atoms with Crippen LogP contribution in [-0.4, -0.2) is 14.8 Å². The maximum absolute atomic E-state index is 5.80. The first-order valence-corrected chi connectivity index (χ1v) is 8.30. The molecule has 0 aliphatic rings. The zero-order chi connectivity index (χ0) is 16.4. The highest BCUT2D eigenvalue weighted by atomic mass is 16.4. The second kappa shape index (κ2) is 6.32. The summed E-state index contributed by atoms with van der Waals surface area (Å²) in [5, 5.41) is 9.53. The summed E-state index contributed by atoms with van der Waals surface area (Å²) in [6.07, 6.45) is 1.71. The van der Waals surface area contributed by atoms with Crippen molar-refractivity contribution in [2.75, 3.05) is 0 Å². The molecule has 2 aromatic carbocycles. The number of aromatic nitrogens is 3. The second-order valence-corrected chi connectivity index (χ2v) is 5.83. The molecule has 0 saturated carbocycles. The van der Waals surface area contributed by atoms with Crippen LogP contribution in [0, 0.1) is 0 Å². The van der Waals surface area contributed by atoms with Crippen LogP contribution in [-0.2, 0) is 19.4 Å². The molecule has 4 aromatic rings. The summed E-state index contributed by atoms with van der Waals surface area (Å²) in [5.41, 5.74) is 3.50. The normalized spacial score (nSPS) is 11.2. The number of aryl methyl sites for hydroxylation is 3. The molecular weight excluding hydrogens is 298 g/mol. The van der Waals surface area contributed by atoms with E-state index in [9.17, 15) is 0 Å². The molecule has 0 aliphatic carbocycles. The van der Waals surface area contributed by atoms with E-state index >= 15 is 0 Å². The Morgan fingerprint density at radius 2 is 1.75 bits per heavy atom. The molecule has 2 aromatic heterocycles. The Labute approximate surface area is 140 Å². The van der Waals surface area contributed by atoms with Crippen LogP contribution in [0.2, 0.25) is 0 Å². The van der Waals surface area contributed by atoms with Crippen LogP contribution < -0.4 is 0 Å². The summed E-state index contributed by atoms with van der Waals surface area (Å²) in [5.74, 6) is 1.26. The van der Waals surface area contributed by atoms with Gasteiger partial charge in [0.25, 0.3) is 5.89 Å². The first kappa shape index (κ1) is 14.7. The molecule has 0 N–H and O–H groups in total. The molecular formula is C20H19N3O. The van der Waals surface area contributed by atoms with Gasteiger partial charge in [0.1, 0.15) is 5.69 Å². The van der Waals surface area contributed by atoms with Gasteiger partial charge in [-0.1, -0.05) is 55.5 Å². The van der Waals surface area contributed by atoms with Gasteiger partial charge in [0.05, 0.1) is 0 Å². The van der Waals surface area contributed by atoms with Gasteiger partial charge in [-0.05, 0) is 24.1 Å². The SMILES string of the molecule is CCc1nnc(-c2cc3ccccc3n2CCc2ccccc2)o1. The Balaban J connectivity index is 1.75. The van der Waals surface area contributed by atoms with E-state index in [2.05, 4.69) is 69.4 Å². The number of para-hydroxylation sites is 1. The van der Waals surface area contributed by atoms with Gasteiger partial charge in [0, 0.05) is 23.9 Å². The number of nitrogens with zero attached hydrogens (tertiary/aromatic N) is 3. The van der Waals surface area contributed by atoms with Crippen molar-refractivity contribution >= 4 is 10.9 Å². The Morgan fingerprint density at radius 1 is 0.958 bits per heavy atom. The van der Waals surface area contributed by atoms with Gasteiger partial charge in [0.15, 0.2) is 0 Å². The number of hydrogen-bond donors (Lipinski definition) is 0. The number of hydrogen-bond acceptors (Lipinski definition) is 3. The largest absolute Gasteiger partial charge is 0.419 e. The van der Waals surface area contributed by atoms with Crippen molar-refractivity contribution in [3.8, 4) is 11.6 Å². The summed E-state index contributed by atoms with van der Waals surface area (Å²) in [7, 11) is 0. The van der Waals surface area contributed by atoms with Crippen molar-refractivity contribution < 1.29 is 4.42 Å². The van der Waals surface area contributed by atoms with Crippen LogP contribution in [0.25, 0.3) is 22.5 Å². The third-order valence-corrected chi connectivity index (χ3v) is 4.27. The maximum Gasteiger partial charge on any atom is 0.264 e. The highest BCUT2D eigenvalue weighted by Gasteiger charge is 2.15. The van der Waals surface area contributed by atoms with Crippen molar-refractivity contribution in [3.63, 3.8) is 0 Å². The molecule has 120 valence electrons. The lowest BCUT2D eigenvalue weighted by Gasteiger charge is -2.09. The fourth-order valence-electron chi connectivity index (χ4n) is 3.01. The molecule has 4 nitrogen and oxygen atoms in total. The smallest absolute Gasteiger partial charge is 0.264 e. The summed E-state index contributed by atoms with van der Waals surface area (Å²) < 4.78 is 8.07. The molecule has 0 spiro atoms. The molecule has 0 aliphatic heterocycles. The molecule has 0 radical (unpaired) electrons. The molecule has 0 unspecified atom stereocenters. The van der Waals surface area contributed by atoms with Gasteiger partial charge >= 0.3 is 0 Å². The molecule has 0 saturated heterocycles. The lowest BCUT2D eigenvalue weighted by atomic mass is 10.1. The van der Waals surface area contributed by atoms with Crippen molar-refractivity contribution in [1.29, 1.82) is 0 Å². The third-order valence-electron chi connectivity index (χ3n) is 4.27. The minimum atomic E-state index is 0.594. The minimum Gasteiger partial charge on any atom is -0.419 e. The Kier molecular flexibility index (Phi) is 3.87. The summed E-state index contributed by atoms with van der Waals surface area (Å²) >= 11 is 0. The fraction of sp³-hybridized carbons (Fsp3) is 0.200.